The molecule has 0 aliphatic carbocycles. The van der Waals surface area contributed by atoms with Crippen molar-refractivity contribution in [1.82, 2.24) is 9.78 Å². The molecule has 1 aromatic carbocycles. The molecule has 1 aliphatic heterocycles. The van der Waals surface area contributed by atoms with Crippen molar-refractivity contribution in [3.05, 3.63) is 41.5 Å². The number of fused-ring (bicyclic) bond motifs is 1. The Bertz CT molecular complexity index is 680. The first-order valence-electron chi connectivity index (χ1n) is 6.53. The number of nitrogen functional groups attached to an aromatic ring is 1. The second kappa shape index (κ2) is 4.63. The number of carbonyl (C=O) groups excluding carboxylic acids is 1. The van der Waals surface area contributed by atoms with Crippen LogP contribution in [0, 0.1) is 5.82 Å². The third-order valence-corrected chi connectivity index (χ3v) is 3.56. The first kappa shape index (κ1) is 12.7. The lowest BCUT2D eigenvalue weighted by Crippen LogP contribution is -2.31. The maximum absolute atomic E-state index is 13.4. The summed E-state index contributed by atoms with van der Waals surface area (Å²) in [5.41, 5.74) is 8.14. The van der Waals surface area contributed by atoms with Crippen LogP contribution in [-0.2, 0) is 13.0 Å². The van der Waals surface area contributed by atoms with E-state index in [0.717, 1.165) is 12.0 Å². The minimum Gasteiger partial charge on any atom is -0.396 e. The van der Waals surface area contributed by atoms with Gasteiger partial charge in [-0.15, -0.1) is 0 Å². The van der Waals surface area contributed by atoms with Gasteiger partial charge in [0.1, 0.15) is 11.5 Å². The molecule has 0 spiro atoms. The molecule has 2 N–H and O–H groups in total. The van der Waals surface area contributed by atoms with Gasteiger partial charge in [-0.2, -0.15) is 5.10 Å². The van der Waals surface area contributed by atoms with Crippen molar-refractivity contribution >= 4 is 17.3 Å². The molecule has 0 atom stereocenters. The van der Waals surface area contributed by atoms with Crippen LogP contribution in [0.15, 0.2) is 24.4 Å². The van der Waals surface area contributed by atoms with Gasteiger partial charge in [0.2, 0.25) is 0 Å². The third kappa shape index (κ3) is 1.84. The summed E-state index contributed by atoms with van der Waals surface area (Å²) in [5, 5.41) is 4.07. The zero-order valence-corrected chi connectivity index (χ0v) is 11.1. The van der Waals surface area contributed by atoms with Crippen LogP contribution in [0.25, 0.3) is 0 Å². The summed E-state index contributed by atoms with van der Waals surface area (Å²) in [6, 6.07) is 4.53. The van der Waals surface area contributed by atoms with Crippen LogP contribution in [0.3, 0.4) is 0 Å². The van der Waals surface area contributed by atoms with Gasteiger partial charge < -0.3 is 10.6 Å². The molecule has 20 heavy (non-hydrogen) atoms. The predicted molar refractivity (Wildman–Crippen MR) is 74.1 cm³/mol. The van der Waals surface area contributed by atoms with Crippen LogP contribution in [0.5, 0.6) is 0 Å². The fraction of sp³-hybridized carbons (Fsp3) is 0.286. The zero-order chi connectivity index (χ0) is 14.3. The summed E-state index contributed by atoms with van der Waals surface area (Å²) in [7, 11) is 0. The normalized spacial score (nSPS) is 13.6. The monoisotopic (exact) mass is 274 g/mol. The minimum atomic E-state index is -0.347. The summed E-state index contributed by atoms with van der Waals surface area (Å²) >= 11 is 0. The number of carbonyl (C=O) groups is 1. The van der Waals surface area contributed by atoms with E-state index in [1.807, 2.05) is 6.92 Å². The van der Waals surface area contributed by atoms with Gasteiger partial charge in [0.05, 0.1) is 17.6 Å². The Morgan fingerprint density at radius 2 is 2.30 bits per heavy atom. The molecular formula is C14H15FN4O. The van der Waals surface area contributed by atoms with E-state index in [4.69, 9.17) is 5.73 Å². The maximum atomic E-state index is 13.4. The lowest BCUT2D eigenvalue weighted by Gasteiger charge is -2.18. The molecule has 1 aliphatic rings. The number of anilines is 2. The van der Waals surface area contributed by atoms with E-state index in [1.54, 1.807) is 15.6 Å². The molecule has 2 heterocycles. The first-order chi connectivity index (χ1) is 9.61. The van der Waals surface area contributed by atoms with E-state index in [1.165, 1.54) is 18.3 Å². The molecule has 104 valence electrons. The molecule has 0 radical (unpaired) electrons. The van der Waals surface area contributed by atoms with Gasteiger partial charge in [0.15, 0.2) is 0 Å². The van der Waals surface area contributed by atoms with Crippen molar-refractivity contribution in [3.8, 4) is 0 Å². The van der Waals surface area contributed by atoms with Crippen LogP contribution in [-0.4, -0.2) is 22.2 Å². The number of aromatic nitrogens is 2. The van der Waals surface area contributed by atoms with Crippen LogP contribution in [0.1, 0.15) is 23.0 Å². The molecule has 0 saturated heterocycles. The van der Waals surface area contributed by atoms with Crippen molar-refractivity contribution in [2.24, 2.45) is 0 Å². The lowest BCUT2D eigenvalue weighted by molar-refractivity contribution is 0.0980. The minimum absolute atomic E-state index is 0.230. The summed E-state index contributed by atoms with van der Waals surface area (Å²) in [5.74, 6) is -0.577. The predicted octanol–water partition coefficient (Wildman–Crippen LogP) is 1.83. The highest BCUT2D eigenvalue weighted by atomic mass is 19.1. The highest BCUT2D eigenvalue weighted by Gasteiger charge is 2.29. The molecule has 1 amide bonds. The van der Waals surface area contributed by atoms with E-state index < -0.39 is 0 Å². The van der Waals surface area contributed by atoms with E-state index in [9.17, 15) is 9.18 Å². The molecule has 0 fully saturated rings. The Balaban J connectivity index is 2.01. The highest BCUT2D eigenvalue weighted by Crippen LogP contribution is 2.30. The third-order valence-electron chi connectivity index (χ3n) is 3.56. The second-order valence-electron chi connectivity index (χ2n) is 4.74. The first-order valence-corrected chi connectivity index (χ1v) is 6.53. The van der Waals surface area contributed by atoms with Crippen molar-refractivity contribution in [2.75, 3.05) is 17.2 Å². The van der Waals surface area contributed by atoms with E-state index in [2.05, 4.69) is 5.10 Å². The Kier molecular flexibility index (Phi) is 2.93. The van der Waals surface area contributed by atoms with Gasteiger partial charge in [-0.05, 0) is 31.0 Å². The van der Waals surface area contributed by atoms with Crippen LogP contribution in [0.4, 0.5) is 15.8 Å². The molecule has 2 aromatic rings. The fourth-order valence-corrected chi connectivity index (χ4v) is 2.56. The van der Waals surface area contributed by atoms with Crippen LogP contribution < -0.4 is 10.6 Å². The molecule has 0 bridgehead atoms. The van der Waals surface area contributed by atoms with E-state index in [-0.39, 0.29) is 11.7 Å². The molecule has 3 rings (SSSR count). The van der Waals surface area contributed by atoms with Crippen LogP contribution >= 0.6 is 0 Å². The number of halogens is 1. The van der Waals surface area contributed by atoms with E-state index in [0.29, 0.717) is 30.2 Å². The van der Waals surface area contributed by atoms with Crippen molar-refractivity contribution < 1.29 is 9.18 Å². The molecule has 6 heteroatoms. The second-order valence-corrected chi connectivity index (χ2v) is 4.74. The lowest BCUT2D eigenvalue weighted by atomic mass is 10.1. The number of benzene rings is 1. The number of nitrogens with two attached hydrogens (primary N) is 1. The molecule has 0 unspecified atom stereocenters. The Morgan fingerprint density at radius 1 is 1.50 bits per heavy atom. The Morgan fingerprint density at radius 3 is 3.05 bits per heavy atom. The largest absolute Gasteiger partial charge is 0.396 e. The highest BCUT2D eigenvalue weighted by molar-refractivity contribution is 6.09. The zero-order valence-electron chi connectivity index (χ0n) is 11.1. The van der Waals surface area contributed by atoms with Crippen molar-refractivity contribution in [2.45, 2.75) is 19.9 Å². The van der Waals surface area contributed by atoms with Gasteiger partial charge in [-0.25, -0.2) is 4.39 Å². The number of nitrogens with zero attached hydrogens (tertiary/aromatic N) is 3. The smallest absolute Gasteiger partial charge is 0.278 e. The van der Waals surface area contributed by atoms with Gasteiger partial charge >= 0.3 is 0 Å². The topological polar surface area (TPSA) is 64.2 Å². The maximum Gasteiger partial charge on any atom is 0.278 e. The summed E-state index contributed by atoms with van der Waals surface area (Å²) in [4.78, 5) is 14.2. The summed E-state index contributed by atoms with van der Waals surface area (Å²) in [6.45, 7) is 2.98. The standard InChI is InChI=1S/C14H15FN4O/c1-2-19-13(11(16)8-17-19)14(20)18-6-5-9-3-4-10(15)7-12(9)18/h3-4,7-8H,2,5-6,16H2,1H3. The van der Waals surface area contributed by atoms with Gasteiger partial charge in [-0.1, -0.05) is 6.07 Å². The Hall–Kier alpha value is -2.37. The average molecular weight is 274 g/mol. The van der Waals surface area contributed by atoms with E-state index >= 15 is 0 Å². The van der Waals surface area contributed by atoms with Gasteiger partial charge in [0, 0.05) is 13.1 Å². The fourth-order valence-electron chi connectivity index (χ4n) is 2.56. The molecular weight excluding hydrogens is 259 g/mol. The average Bonchev–Trinajstić information content (AvgIpc) is 3.01. The molecule has 5 nitrogen and oxygen atoms in total. The van der Waals surface area contributed by atoms with Gasteiger partial charge in [-0.3, -0.25) is 9.48 Å². The number of hydrogen-bond acceptors (Lipinski definition) is 3. The summed E-state index contributed by atoms with van der Waals surface area (Å²) < 4.78 is 15.0. The number of hydrogen-bond donors (Lipinski definition) is 1. The quantitative estimate of drug-likeness (QED) is 0.908. The number of rotatable bonds is 2. The SMILES string of the molecule is CCn1ncc(N)c1C(=O)N1CCc2ccc(F)cc21. The van der Waals surface area contributed by atoms with Crippen molar-refractivity contribution in [3.63, 3.8) is 0 Å². The molecule has 1 aromatic heterocycles. The summed E-state index contributed by atoms with van der Waals surface area (Å²) in [6.07, 6.45) is 2.20. The van der Waals surface area contributed by atoms with Crippen molar-refractivity contribution in [1.29, 1.82) is 0 Å². The number of aryl methyl sites for hydroxylation is 1. The van der Waals surface area contributed by atoms with Crippen LogP contribution in [0.2, 0.25) is 0 Å². The molecule has 0 saturated carbocycles. The van der Waals surface area contributed by atoms with Gasteiger partial charge in [0.25, 0.3) is 5.91 Å². The Labute approximate surface area is 115 Å². The number of amides is 1.